The van der Waals surface area contributed by atoms with E-state index in [-0.39, 0.29) is 12.5 Å². The van der Waals surface area contributed by atoms with Crippen LogP contribution in [0.1, 0.15) is 46.8 Å². The van der Waals surface area contributed by atoms with Gasteiger partial charge in [0.15, 0.2) is 5.82 Å². The highest BCUT2D eigenvalue weighted by Gasteiger charge is 2.20. The molecular formula is C14H19N5O2. The summed E-state index contributed by atoms with van der Waals surface area (Å²) in [5.41, 5.74) is 1.85. The molecule has 0 saturated carbocycles. The molecule has 0 unspecified atom stereocenters. The van der Waals surface area contributed by atoms with Crippen LogP contribution in [0.4, 0.5) is 0 Å². The molecule has 0 saturated heterocycles. The van der Waals surface area contributed by atoms with Crippen LogP contribution in [0.2, 0.25) is 0 Å². The first-order valence-corrected chi connectivity index (χ1v) is 6.88. The Morgan fingerprint density at radius 1 is 1.29 bits per heavy atom. The molecule has 0 N–H and O–H groups in total. The number of aryl methyl sites for hydroxylation is 3. The van der Waals surface area contributed by atoms with Gasteiger partial charge in [0.25, 0.3) is 5.91 Å². The lowest BCUT2D eigenvalue weighted by Crippen LogP contribution is -2.28. The number of carbonyl (C=O) groups is 1. The molecule has 0 bridgehead atoms. The van der Waals surface area contributed by atoms with Gasteiger partial charge in [-0.2, -0.15) is 4.98 Å². The van der Waals surface area contributed by atoms with E-state index in [9.17, 15) is 4.79 Å². The zero-order valence-corrected chi connectivity index (χ0v) is 12.8. The molecule has 112 valence electrons. The number of nitrogens with zero attached hydrogens (tertiary/aromatic N) is 5. The lowest BCUT2D eigenvalue weighted by Gasteiger charge is -2.16. The molecule has 0 spiro atoms. The van der Waals surface area contributed by atoms with Gasteiger partial charge in [0.1, 0.15) is 6.33 Å². The van der Waals surface area contributed by atoms with Gasteiger partial charge in [-0.15, -0.1) is 0 Å². The van der Waals surface area contributed by atoms with Gasteiger partial charge >= 0.3 is 0 Å². The van der Waals surface area contributed by atoms with Gasteiger partial charge in [0, 0.05) is 13.5 Å². The summed E-state index contributed by atoms with van der Waals surface area (Å²) in [6.07, 6.45) is 3.18. The topological polar surface area (TPSA) is 85.0 Å². The normalized spacial score (nSPS) is 10.7. The van der Waals surface area contributed by atoms with E-state index < -0.39 is 0 Å². The van der Waals surface area contributed by atoms with E-state index in [4.69, 9.17) is 4.52 Å². The molecule has 0 atom stereocenters. The summed E-state index contributed by atoms with van der Waals surface area (Å²) >= 11 is 0. The van der Waals surface area contributed by atoms with Crippen LogP contribution in [0.25, 0.3) is 0 Å². The van der Waals surface area contributed by atoms with Crippen LogP contribution < -0.4 is 0 Å². The minimum atomic E-state index is -0.152. The van der Waals surface area contributed by atoms with Crippen molar-refractivity contribution in [2.24, 2.45) is 0 Å². The fourth-order valence-electron chi connectivity index (χ4n) is 2.05. The molecule has 0 fully saturated rings. The summed E-state index contributed by atoms with van der Waals surface area (Å²) in [4.78, 5) is 26.4. The summed E-state index contributed by atoms with van der Waals surface area (Å²) in [5.74, 6) is 0.950. The van der Waals surface area contributed by atoms with Crippen molar-refractivity contribution in [3.05, 3.63) is 35.0 Å². The third-order valence-electron chi connectivity index (χ3n) is 3.14. The zero-order chi connectivity index (χ0) is 15.4. The molecule has 2 heterocycles. The van der Waals surface area contributed by atoms with Crippen molar-refractivity contribution in [3.63, 3.8) is 0 Å². The van der Waals surface area contributed by atoms with Crippen molar-refractivity contribution >= 4 is 5.91 Å². The fraction of sp³-hybridized carbons (Fsp3) is 0.500. The number of carbonyl (C=O) groups excluding carboxylic acids is 1. The molecule has 0 aliphatic rings. The van der Waals surface area contributed by atoms with Crippen molar-refractivity contribution in [1.29, 1.82) is 0 Å². The van der Waals surface area contributed by atoms with Gasteiger partial charge in [-0.3, -0.25) is 4.79 Å². The summed E-state index contributed by atoms with van der Waals surface area (Å²) in [6, 6.07) is 0. The standard InChI is InChI=1S/C14H19N5O2/c1-5-6-11-17-12(21-18-11)7-19(4)14(20)13-9(2)15-8-16-10(13)3/h8H,5-7H2,1-4H3. The van der Waals surface area contributed by atoms with E-state index in [0.717, 1.165) is 12.8 Å². The largest absolute Gasteiger partial charge is 0.337 e. The Hall–Kier alpha value is -2.31. The molecule has 2 aromatic rings. The summed E-state index contributed by atoms with van der Waals surface area (Å²) in [5, 5.41) is 3.88. The molecule has 2 aromatic heterocycles. The van der Waals surface area contributed by atoms with Crippen LogP contribution in [0.3, 0.4) is 0 Å². The monoisotopic (exact) mass is 289 g/mol. The van der Waals surface area contributed by atoms with Crippen LogP contribution >= 0.6 is 0 Å². The lowest BCUT2D eigenvalue weighted by atomic mass is 10.1. The molecule has 7 nitrogen and oxygen atoms in total. The number of hydrogen-bond acceptors (Lipinski definition) is 6. The highest BCUT2D eigenvalue weighted by molar-refractivity contribution is 5.95. The van der Waals surface area contributed by atoms with Crippen molar-refractivity contribution in [2.75, 3.05) is 7.05 Å². The lowest BCUT2D eigenvalue weighted by molar-refractivity contribution is 0.0767. The van der Waals surface area contributed by atoms with Crippen LogP contribution in [0.15, 0.2) is 10.9 Å². The van der Waals surface area contributed by atoms with Crippen molar-refractivity contribution in [1.82, 2.24) is 25.0 Å². The van der Waals surface area contributed by atoms with Crippen LogP contribution in [0, 0.1) is 13.8 Å². The average Bonchev–Trinajstić information content (AvgIpc) is 2.86. The highest BCUT2D eigenvalue weighted by atomic mass is 16.5. The predicted molar refractivity (Wildman–Crippen MR) is 75.6 cm³/mol. The first kappa shape index (κ1) is 15.1. The van der Waals surface area contributed by atoms with E-state index >= 15 is 0 Å². The number of hydrogen-bond donors (Lipinski definition) is 0. The van der Waals surface area contributed by atoms with E-state index in [2.05, 4.69) is 20.1 Å². The Bertz CT molecular complexity index is 618. The van der Waals surface area contributed by atoms with E-state index in [1.54, 1.807) is 20.9 Å². The van der Waals surface area contributed by atoms with Gasteiger partial charge in [0.2, 0.25) is 5.89 Å². The first-order valence-electron chi connectivity index (χ1n) is 6.88. The Morgan fingerprint density at radius 3 is 2.57 bits per heavy atom. The van der Waals surface area contributed by atoms with E-state index in [1.807, 2.05) is 6.92 Å². The van der Waals surface area contributed by atoms with Crippen molar-refractivity contribution < 1.29 is 9.32 Å². The maximum atomic E-state index is 12.5. The minimum Gasteiger partial charge on any atom is -0.337 e. The second-order valence-corrected chi connectivity index (χ2v) is 4.94. The third kappa shape index (κ3) is 3.42. The van der Waals surface area contributed by atoms with Gasteiger partial charge in [-0.25, -0.2) is 9.97 Å². The van der Waals surface area contributed by atoms with Crippen LogP contribution in [-0.4, -0.2) is 38.0 Å². The fourth-order valence-corrected chi connectivity index (χ4v) is 2.05. The van der Waals surface area contributed by atoms with Crippen LogP contribution in [0.5, 0.6) is 0 Å². The SMILES string of the molecule is CCCc1noc(CN(C)C(=O)c2c(C)ncnc2C)n1. The maximum Gasteiger partial charge on any atom is 0.257 e. The van der Waals surface area contributed by atoms with Gasteiger partial charge in [-0.1, -0.05) is 12.1 Å². The van der Waals surface area contributed by atoms with E-state index in [0.29, 0.717) is 28.7 Å². The number of rotatable bonds is 5. The Kier molecular flexibility index (Phi) is 4.62. The molecule has 2 rings (SSSR count). The molecule has 0 aromatic carbocycles. The first-order chi connectivity index (χ1) is 10.0. The number of aromatic nitrogens is 4. The van der Waals surface area contributed by atoms with Gasteiger partial charge in [0.05, 0.1) is 23.5 Å². The Balaban J connectivity index is 2.12. The molecule has 1 amide bonds. The summed E-state index contributed by atoms with van der Waals surface area (Å²) in [7, 11) is 1.69. The Morgan fingerprint density at radius 2 is 1.95 bits per heavy atom. The van der Waals surface area contributed by atoms with Gasteiger partial charge < -0.3 is 9.42 Å². The molecule has 7 heteroatoms. The molecule has 0 aliphatic heterocycles. The summed E-state index contributed by atoms with van der Waals surface area (Å²) in [6.45, 7) is 5.90. The highest BCUT2D eigenvalue weighted by Crippen LogP contribution is 2.13. The smallest absolute Gasteiger partial charge is 0.257 e. The second kappa shape index (κ2) is 6.43. The molecular weight excluding hydrogens is 270 g/mol. The average molecular weight is 289 g/mol. The minimum absolute atomic E-state index is 0.152. The maximum absolute atomic E-state index is 12.5. The second-order valence-electron chi connectivity index (χ2n) is 4.94. The van der Waals surface area contributed by atoms with E-state index in [1.165, 1.54) is 11.2 Å². The zero-order valence-electron chi connectivity index (χ0n) is 12.8. The predicted octanol–water partition coefficient (Wildman–Crippen LogP) is 1.70. The Labute approximate surface area is 123 Å². The molecule has 21 heavy (non-hydrogen) atoms. The van der Waals surface area contributed by atoms with Crippen molar-refractivity contribution in [2.45, 2.75) is 40.2 Å². The molecule has 0 aliphatic carbocycles. The molecule has 0 radical (unpaired) electrons. The van der Waals surface area contributed by atoms with Crippen molar-refractivity contribution in [3.8, 4) is 0 Å². The van der Waals surface area contributed by atoms with Crippen LogP contribution in [-0.2, 0) is 13.0 Å². The number of amides is 1. The summed E-state index contributed by atoms with van der Waals surface area (Å²) < 4.78 is 5.15. The third-order valence-corrected chi connectivity index (χ3v) is 3.14. The quantitative estimate of drug-likeness (QED) is 0.833. The van der Waals surface area contributed by atoms with Gasteiger partial charge in [-0.05, 0) is 20.3 Å².